The van der Waals surface area contributed by atoms with Crippen LogP contribution in [0.2, 0.25) is 5.02 Å². The molecule has 0 spiro atoms. The summed E-state index contributed by atoms with van der Waals surface area (Å²) in [5.41, 5.74) is -0.407. The van der Waals surface area contributed by atoms with E-state index < -0.39 is 23.0 Å². The van der Waals surface area contributed by atoms with Crippen LogP contribution >= 0.6 is 34.3 Å². The van der Waals surface area contributed by atoms with Crippen LogP contribution in [0.5, 0.6) is 0 Å². The average molecular weight is 315 g/mol. The molecule has 0 bridgehead atoms. The fourth-order valence-electron chi connectivity index (χ4n) is 1.74. The molecule has 0 saturated carbocycles. The van der Waals surface area contributed by atoms with Gasteiger partial charge in [-0.15, -0.1) is 22.7 Å². The lowest BCUT2D eigenvalue weighted by atomic mass is 10.1. The number of hydrogen-bond donors (Lipinski definition) is 0. The third-order valence-corrected chi connectivity index (χ3v) is 5.04. The molecule has 0 aliphatic carbocycles. The van der Waals surface area contributed by atoms with Gasteiger partial charge in [0.15, 0.2) is 11.6 Å². The van der Waals surface area contributed by atoms with Crippen molar-refractivity contribution in [1.29, 1.82) is 0 Å². The van der Waals surface area contributed by atoms with E-state index in [1.54, 1.807) is 6.07 Å². The lowest BCUT2D eigenvalue weighted by Gasteiger charge is -2.04. The zero-order chi connectivity index (χ0) is 13.6. The first-order valence-corrected chi connectivity index (χ1v) is 7.30. The summed E-state index contributed by atoms with van der Waals surface area (Å²) in [5.74, 6) is -2.87. The summed E-state index contributed by atoms with van der Waals surface area (Å²) >= 11 is 8.53. The minimum atomic E-state index is -1.20. The first-order valence-electron chi connectivity index (χ1n) is 5.23. The Morgan fingerprint density at radius 2 is 1.95 bits per heavy atom. The Morgan fingerprint density at radius 3 is 2.68 bits per heavy atom. The molecule has 0 N–H and O–H groups in total. The molecule has 6 heteroatoms. The van der Waals surface area contributed by atoms with Gasteiger partial charge in [0, 0.05) is 9.40 Å². The number of ketones is 1. The smallest absolute Gasteiger partial charge is 0.207 e. The number of rotatable bonds is 2. The molecule has 0 unspecified atom stereocenters. The number of halogens is 3. The molecule has 19 heavy (non-hydrogen) atoms. The summed E-state index contributed by atoms with van der Waals surface area (Å²) in [5, 5.41) is 1.83. The zero-order valence-corrected chi connectivity index (χ0v) is 11.6. The summed E-state index contributed by atoms with van der Waals surface area (Å²) < 4.78 is 28.8. The molecule has 0 saturated heterocycles. The van der Waals surface area contributed by atoms with Gasteiger partial charge in [-0.3, -0.25) is 4.79 Å². The van der Waals surface area contributed by atoms with Crippen molar-refractivity contribution >= 4 is 49.5 Å². The molecule has 3 rings (SSSR count). The van der Waals surface area contributed by atoms with Crippen LogP contribution in [0.25, 0.3) is 9.40 Å². The van der Waals surface area contributed by atoms with Crippen LogP contribution < -0.4 is 0 Å². The fraction of sp³-hybridized carbons (Fsp3) is 0. The summed E-state index contributed by atoms with van der Waals surface area (Å²) in [6.45, 7) is 0. The highest BCUT2D eigenvalue weighted by Gasteiger charge is 2.22. The van der Waals surface area contributed by atoms with E-state index in [9.17, 15) is 13.6 Å². The summed E-state index contributed by atoms with van der Waals surface area (Å²) in [4.78, 5) is 12.6. The van der Waals surface area contributed by atoms with E-state index in [0.29, 0.717) is 4.88 Å². The molecule has 1 aromatic carbocycles. The van der Waals surface area contributed by atoms with Crippen LogP contribution in [-0.4, -0.2) is 5.78 Å². The Hall–Kier alpha value is -1.30. The van der Waals surface area contributed by atoms with E-state index in [4.69, 9.17) is 11.6 Å². The summed E-state index contributed by atoms with van der Waals surface area (Å²) in [7, 11) is 0. The third-order valence-electron chi connectivity index (χ3n) is 2.63. The second-order valence-electron chi connectivity index (χ2n) is 3.81. The van der Waals surface area contributed by atoms with Gasteiger partial charge in [0.05, 0.1) is 15.5 Å². The van der Waals surface area contributed by atoms with Gasteiger partial charge in [-0.1, -0.05) is 11.6 Å². The standard InChI is InChI=1S/C13H5ClF2OS2/c14-6-1-2-7(15)12(16)11(6)13(17)10-5-9-8(19-10)3-4-18-9/h1-5H. The van der Waals surface area contributed by atoms with Crippen LogP contribution in [0.1, 0.15) is 15.2 Å². The summed E-state index contributed by atoms with van der Waals surface area (Å²) in [6, 6.07) is 5.64. The lowest BCUT2D eigenvalue weighted by molar-refractivity contribution is 0.103. The molecule has 0 atom stereocenters. The molecule has 0 radical (unpaired) electrons. The second-order valence-corrected chi connectivity index (χ2v) is 6.25. The van der Waals surface area contributed by atoms with Crippen molar-refractivity contribution in [2.45, 2.75) is 0 Å². The maximum absolute atomic E-state index is 13.7. The minimum Gasteiger partial charge on any atom is -0.288 e. The van der Waals surface area contributed by atoms with Crippen molar-refractivity contribution < 1.29 is 13.6 Å². The van der Waals surface area contributed by atoms with Crippen molar-refractivity contribution in [3.63, 3.8) is 0 Å². The van der Waals surface area contributed by atoms with E-state index in [1.807, 2.05) is 11.4 Å². The molecule has 1 nitrogen and oxygen atoms in total. The Balaban J connectivity index is 2.14. The van der Waals surface area contributed by atoms with Gasteiger partial charge in [-0.25, -0.2) is 8.78 Å². The first-order chi connectivity index (χ1) is 9.08. The molecule has 2 aromatic heterocycles. The van der Waals surface area contributed by atoms with E-state index in [2.05, 4.69) is 0 Å². The Kier molecular flexibility index (Phi) is 3.12. The largest absolute Gasteiger partial charge is 0.288 e. The van der Waals surface area contributed by atoms with Crippen LogP contribution in [0.4, 0.5) is 8.78 Å². The molecule has 96 valence electrons. The minimum absolute atomic E-state index is 0.0827. The van der Waals surface area contributed by atoms with Gasteiger partial charge in [-0.2, -0.15) is 0 Å². The molecule has 3 aromatic rings. The quantitative estimate of drug-likeness (QED) is 0.473. The number of hydrogen-bond acceptors (Lipinski definition) is 3. The zero-order valence-electron chi connectivity index (χ0n) is 9.25. The number of thiophene rings is 2. The molecular weight excluding hydrogens is 310 g/mol. The Morgan fingerprint density at radius 1 is 1.16 bits per heavy atom. The Bertz CT molecular complexity index is 763. The van der Waals surface area contributed by atoms with E-state index in [-0.39, 0.29) is 5.02 Å². The predicted octanol–water partition coefficient (Wildman–Crippen LogP) is 5.13. The van der Waals surface area contributed by atoms with Crippen LogP contribution in [0, 0.1) is 11.6 Å². The Labute approximate surface area is 120 Å². The van der Waals surface area contributed by atoms with Gasteiger partial charge >= 0.3 is 0 Å². The monoisotopic (exact) mass is 314 g/mol. The van der Waals surface area contributed by atoms with Gasteiger partial charge < -0.3 is 0 Å². The molecule has 0 aliphatic rings. The number of fused-ring (bicyclic) bond motifs is 1. The molecule has 0 aliphatic heterocycles. The van der Waals surface area contributed by atoms with Crippen LogP contribution in [-0.2, 0) is 0 Å². The molecule has 2 heterocycles. The van der Waals surface area contributed by atoms with Crippen molar-refractivity contribution in [3.8, 4) is 0 Å². The number of carbonyl (C=O) groups is 1. The highest BCUT2D eigenvalue weighted by atomic mass is 35.5. The van der Waals surface area contributed by atoms with Gasteiger partial charge in [0.2, 0.25) is 5.78 Å². The van der Waals surface area contributed by atoms with Crippen molar-refractivity contribution in [1.82, 2.24) is 0 Å². The fourth-order valence-corrected chi connectivity index (χ4v) is 4.02. The van der Waals surface area contributed by atoms with Crippen LogP contribution in [0.3, 0.4) is 0 Å². The number of benzene rings is 1. The highest BCUT2D eigenvalue weighted by Crippen LogP contribution is 2.33. The van der Waals surface area contributed by atoms with Crippen molar-refractivity contribution in [2.75, 3.05) is 0 Å². The average Bonchev–Trinajstić information content (AvgIpc) is 2.94. The maximum atomic E-state index is 13.7. The van der Waals surface area contributed by atoms with E-state index >= 15 is 0 Å². The van der Waals surface area contributed by atoms with E-state index in [0.717, 1.165) is 15.5 Å². The maximum Gasteiger partial charge on any atom is 0.207 e. The lowest BCUT2D eigenvalue weighted by Crippen LogP contribution is -2.05. The molecular formula is C13H5ClF2OS2. The summed E-state index contributed by atoms with van der Waals surface area (Å²) in [6.07, 6.45) is 0. The van der Waals surface area contributed by atoms with E-state index in [1.165, 1.54) is 28.7 Å². The SMILES string of the molecule is O=C(c1cc2sccc2s1)c1c(Cl)ccc(F)c1F. The van der Waals surface area contributed by atoms with Crippen LogP contribution in [0.15, 0.2) is 29.6 Å². The van der Waals surface area contributed by atoms with Gasteiger partial charge in [0.25, 0.3) is 0 Å². The predicted molar refractivity (Wildman–Crippen MR) is 74.5 cm³/mol. The normalized spacial score (nSPS) is 11.1. The topological polar surface area (TPSA) is 17.1 Å². The van der Waals surface area contributed by atoms with Gasteiger partial charge in [-0.05, 0) is 29.6 Å². The highest BCUT2D eigenvalue weighted by molar-refractivity contribution is 7.28. The second kappa shape index (κ2) is 4.67. The third kappa shape index (κ3) is 2.08. The van der Waals surface area contributed by atoms with Crippen molar-refractivity contribution in [3.05, 3.63) is 56.7 Å². The number of carbonyl (C=O) groups excluding carboxylic acids is 1. The first kappa shape index (κ1) is 12.7. The molecule has 0 amide bonds. The molecule has 0 fully saturated rings. The van der Waals surface area contributed by atoms with Crippen molar-refractivity contribution in [2.24, 2.45) is 0 Å². The van der Waals surface area contributed by atoms with Gasteiger partial charge in [0.1, 0.15) is 0 Å².